The van der Waals surface area contributed by atoms with Gasteiger partial charge >= 0.3 is 6.09 Å². The summed E-state index contributed by atoms with van der Waals surface area (Å²) in [5.41, 5.74) is 6.75. The maximum absolute atomic E-state index is 14.0. The van der Waals surface area contributed by atoms with E-state index in [1.807, 2.05) is 270 Å². The summed E-state index contributed by atoms with van der Waals surface area (Å²) < 4.78 is 143. The maximum atomic E-state index is 14.0. The molecule has 2 heterocycles. The number of amides is 3. The summed E-state index contributed by atoms with van der Waals surface area (Å²) in [4.78, 5) is 41.1. The van der Waals surface area contributed by atoms with Crippen molar-refractivity contribution >= 4 is 17.9 Å². The smallest absolute Gasteiger partial charge is 0.408 e. The van der Waals surface area contributed by atoms with E-state index in [1.165, 1.54) is 0 Å². The molecule has 13 atom stereocenters. The topological polar surface area (TPSA) is 340 Å². The number of nitrogens with one attached hydrogen (secondary N) is 3. The van der Waals surface area contributed by atoms with Crippen LogP contribution in [0.1, 0.15) is 99.4 Å². The van der Waals surface area contributed by atoms with Gasteiger partial charge in [0, 0.05) is 13.1 Å². The van der Waals surface area contributed by atoms with Crippen LogP contribution in [0, 0.1) is 0 Å². The van der Waals surface area contributed by atoms with Crippen LogP contribution in [0.5, 0.6) is 0 Å². The SMILES string of the molecule is CC(C)(C)OC(=O)N[C@H](CC(=O)NCC(O)COCC(COCC(COCC(COCC(COCC1COC(C)(C)O1)OCc1ccccc1)OCc1ccccc1)OCc1ccccc1)OCc1ccccc1)C(=O)NCC(O)COCC(COCC(COCC(COCC(COCC1COC(C)(C)O1)OCc1ccccc1)OCc1ccccc1)OCc1ccccc1)OCc1ccccc1. The van der Waals surface area contributed by atoms with E-state index in [0.717, 1.165) is 44.5 Å². The first kappa shape index (κ1) is 111. The Balaban J connectivity index is 0.689. The van der Waals surface area contributed by atoms with E-state index in [9.17, 15) is 24.6 Å². The predicted octanol–water partition coefficient (Wildman–Crippen LogP) is 12.4. The second-order valence-electron chi connectivity index (χ2n) is 35.9. The van der Waals surface area contributed by atoms with E-state index in [1.54, 1.807) is 20.8 Å². The van der Waals surface area contributed by atoms with Gasteiger partial charge in [0.25, 0.3) is 0 Å². The Kier molecular flexibility index (Phi) is 51.3. The largest absolute Gasteiger partial charge is 0.444 e. The highest BCUT2D eigenvalue weighted by Gasteiger charge is 2.35. The van der Waals surface area contributed by atoms with E-state index in [-0.39, 0.29) is 171 Å². The van der Waals surface area contributed by atoms with Crippen LogP contribution in [0.25, 0.3) is 0 Å². The predicted molar refractivity (Wildman–Crippen MR) is 514 cm³/mol. The number of aliphatic hydroxyl groups is 2. The number of benzene rings is 8. The van der Waals surface area contributed by atoms with Crippen LogP contribution in [0.2, 0.25) is 0 Å². The molecule has 31 heteroatoms. The maximum Gasteiger partial charge on any atom is 0.408 e. The third-order valence-corrected chi connectivity index (χ3v) is 21.3. The van der Waals surface area contributed by atoms with Crippen LogP contribution in [0.15, 0.2) is 243 Å². The van der Waals surface area contributed by atoms with Gasteiger partial charge in [-0.15, -0.1) is 0 Å². The van der Waals surface area contributed by atoms with Gasteiger partial charge in [-0.3, -0.25) is 9.59 Å². The lowest BCUT2D eigenvalue weighted by molar-refractivity contribution is -0.149. The Labute approximate surface area is 813 Å². The molecule has 2 fully saturated rings. The highest BCUT2D eigenvalue weighted by atomic mass is 16.8. The van der Waals surface area contributed by atoms with Crippen molar-refractivity contribution in [3.05, 3.63) is 287 Å². The summed E-state index contributed by atoms with van der Waals surface area (Å²) in [7, 11) is 0. The Hall–Kier alpha value is -8.99. The van der Waals surface area contributed by atoms with Crippen molar-refractivity contribution in [2.24, 2.45) is 0 Å². The van der Waals surface area contributed by atoms with Crippen LogP contribution >= 0.6 is 0 Å². The van der Waals surface area contributed by atoms with Crippen molar-refractivity contribution in [1.29, 1.82) is 0 Å². The van der Waals surface area contributed by atoms with Gasteiger partial charge in [-0.2, -0.15) is 0 Å². The minimum Gasteiger partial charge on any atom is -0.444 e. The summed E-state index contributed by atoms with van der Waals surface area (Å²) in [5.74, 6) is -2.86. The van der Waals surface area contributed by atoms with Crippen molar-refractivity contribution in [1.82, 2.24) is 16.0 Å². The highest BCUT2D eigenvalue weighted by molar-refractivity contribution is 5.91. The molecule has 0 radical (unpaired) electrons. The zero-order valence-electron chi connectivity index (χ0n) is 80.9. The van der Waals surface area contributed by atoms with Crippen LogP contribution in [0.3, 0.4) is 0 Å². The molecule has 2 saturated heterocycles. The van der Waals surface area contributed by atoms with Crippen LogP contribution < -0.4 is 16.0 Å². The Morgan fingerprint density at radius 2 is 0.529 bits per heavy atom. The summed E-state index contributed by atoms with van der Waals surface area (Å²) in [6.45, 7) is 17.3. The van der Waals surface area contributed by atoms with Crippen molar-refractivity contribution in [2.75, 3.05) is 158 Å². The van der Waals surface area contributed by atoms with Gasteiger partial charge < -0.3 is 135 Å². The molecule has 0 aliphatic carbocycles. The van der Waals surface area contributed by atoms with Gasteiger partial charge in [-0.25, -0.2) is 4.79 Å². The van der Waals surface area contributed by atoms with Gasteiger partial charge in [0.1, 0.15) is 72.7 Å². The lowest BCUT2D eigenvalue weighted by Gasteiger charge is -2.24. The number of ether oxygens (including phenoxy) is 23. The lowest BCUT2D eigenvalue weighted by Crippen LogP contribution is -2.52. The first-order chi connectivity index (χ1) is 67.0. The number of aliphatic hydroxyl groups excluding tert-OH is 2. The molecule has 2 aliphatic rings. The molecule has 10 rings (SSSR count). The third kappa shape index (κ3) is 48.5. The van der Waals surface area contributed by atoms with E-state index in [4.69, 9.17) is 109 Å². The summed E-state index contributed by atoms with van der Waals surface area (Å²) >= 11 is 0. The quantitative estimate of drug-likeness (QED) is 0.0236. The number of rotatable bonds is 72. The van der Waals surface area contributed by atoms with Crippen molar-refractivity contribution in [3.63, 3.8) is 0 Å². The Morgan fingerprint density at radius 1 is 0.319 bits per heavy atom. The van der Waals surface area contributed by atoms with Gasteiger partial charge in [-0.1, -0.05) is 243 Å². The molecular formula is C107H145N3O28. The molecule has 2 aliphatic heterocycles. The fourth-order valence-corrected chi connectivity index (χ4v) is 14.1. The van der Waals surface area contributed by atoms with E-state index in [0.29, 0.717) is 52.9 Å². The molecule has 756 valence electrons. The standard InChI is InChI=1S/C107H145N3O28/c1-105(2,3)138-104(115)110-101(103(114)109-50-90(112)60-117-62-92(127-52-82-34-18-9-19-35-82)64-119-66-94(129-54-84-38-22-11-23-39-84)68-121-70-96(131-56-86-42-26-13-27-43-86)72-123-74-98(133-58-88-46-30-15-31-47-88)76-125-78-100-80-135-107(6,7)137-100)48-102(113)108-49-89(111)59-116-61-91(126-51-81-32-16-8-17-33-81)63-118-65-93(128-53-83-36-20-10-21-37-83)67-120-69-95(130-55-85-40-24-12-25-41-85)71-122-73-97(132-57-87-44-28-14-29-45-87)75-124-77-99-79-134-106(4,5)136-99/h8-47,89-101,111-112H,48-80H2,1-7H3,(H,108,113)(H,109,114)(H,110,115)/t89?,90?,91?,92?,93?,94?,95?,96?,97?,98?,99?,100?,101-/m1/s1. The Morgan fingerprint density at radius 3 is 0.739 bits per heavy atom. The monoisotopic (exact) mass is 1920 g/mol. The van der Waals surface area contributed by atoms with Crippen LogP contribution in [0.4, 0.5) is 4.79 Å². The molecule has 5 N–H and O–H groups in total. The van der Waals surface area contributed by atoms with Gasteiger partial charge in [0.2, 0.25) is 11.8 Å². The second-order valence-corrected chi connectivity index (χ2v) is 35.9. The van der Waals surface area contributed by atoms with Crippen molar-refractivity contribution in [3.8, 4) is 0 Å². The van der Waals surface area contributed by atoms with Gasteiger partial charge in [0.05, 0.1) is 217 Å². The molecule has 0 bridgehead atoms. The summed E-state index contributed by atoms with van der Waals surface area (Å²) in [6.07, 6.45) is -8.74. The number of hydrogen-bond donors (Lipinski definition) is 5. The van der Waals surface area contributed by atoms with Gasteiger partial charge in [-0.05, 0) is 93.0 Å². The second kappa shape index (κ2) is 63.7. The molecule has 3 amide bonds. The first-order valence-corrected chi connectivity index (χ1v) is 47.6. The zero-order valence-corrected chi connectivity index (χ0v) is 80.9. The van der Waals surface area contributed by atoms with E-state index < -0.39 is 109 Å². The summed E-state index contributed by atoms with van der Waals surface area (Å²) in [5, 5.41) is 30.4. The van der Waals surface area contributed by atoms with E-state index >= 15 is 0 Å². The zero-order chi connectivity index (χ0) is 97.4. The molecule has 0 spiro atoms. The Bertz CT molecular complexity index is 4490. The average Bonchev–Trinajstić information content (AvgIpc) is 1.65. The first-order valence-electron chi connectivity index (χ1n) is 47.6. The molecule has 0 saturated carbocycles. The molecular weight excluding hydrogens is 1780 g/mol. The van der Waals surface area contributed by atoms with Crippen molar-refractivity contribution in [2.45, 2.75) is 204 Å². The molecule has 31 nitrogen and oxygen atoms in total. The minimum atomic E-state index is -1.49. The molecule has 138 heavy (non-hydrogen) atoms. The van der Waals surface area contributed by atoms with Crippen LogP contribution in [-0.2, 0) is 171 Å². The van der Waals surface area contributed by atoms with Crippen molar-refractivity contribution < 1.29 is 134 Å². The number of carbonyl (C=O) groups is 3. The molecule has 12 unspecified atom stereocenters. The van der Waals surface area contributed by atoms with E-state index in [2.05, 4.69) is 16.0 Å². The molecule has 0 aromatic heterocycles. The number of hydrogen-bond acceptors (Lipinski definition) is 28. The lowest BCUT2D eigenvalue weighted by atomic mass is 10.1. The fourth-order valence-electron chi connectivity index (χ4n) is 14.1. The average molecular weight is 1920 g/mol. The summed E-state index contributed by atoms with van der Waals surface area (Å²) in [6, 6.07) is 76.9. The third-order valence-electron chi connectivity index (χ3n) is 21.3. The fraction of sp³-hybridized carbons (Fsp3) is 0.523. The minimum absolute atomic E-state index is 0.0235. The normalized spacial score (nSPS) is 17.1. The molecule has 8 aromatic rings. The molecule has 8 aromatic carbocycles. The van der Waals surface area contributed by atoms with Gasteiger partial charge in [0.15, 0.2) is 11.6 Å². The number of carbonyl (C=O) groups excluding carboxylic acids is 3. The number of alkyl carbamates (subject to hydrolysis) is 1. The highest BCUT2D eigenvalue weighted by Crippen LogP contribution is 2.25. The van der Waals surface area contributed by atoms with Crippen LogP contribution in [-0.4, -0.2) is 283 Å².